The van der Waals surface area contributed by atoms with Gasteiger partial charge in [0, 0.05) is 29.9 Å². The molecule has 0 atom stereocenters. The number of hydrogen-bond acceptors (Lipinski definition) is 4. The number of pyridine rings is 1. The Bertz CT molecular complexity index is 902. The Kier molecular flexibility index (Phi) is 4.89. The zero-order valence-corrected chi connectivity index (χ0v) is 13.4. The minimum absolute atomic E-state index is 0.297. The molecule has 1 heterocycles. The molecule has 0 aliphatic rings. The second-order valence-electron chi connectivity index (χ2n) is 5.50. The zero-order valence-electron chi connectivity index (χ0n) is 13.4. The van der Waals surface area contributed by atoms with Gasteiger partial charge in [0.15, 0.2) is 6.61 Å². The van der Waals surface area contributed by atoms with Crippen molar-refractivity contribution < 1.29 is 14.3 Å². The summed E-state index contributed by atoms with van der Waals surface area (Å²) in [6.45, 7) is -0.134. The monoisotopic (exact) mass is 335 g/mol. The van der Waals surface area contributed by atoms with Crippen LogP contribution in [0.3, 0.4) is 0 Å². The molecule has 25 heavy (non-hydrogen) atoms. The number of benzene rings is 2. The van der Waals surface area contributed by atoms with Gasteiger partial charge >= 0.3 is 6.09 Å². The number of primary amides is 1. The molecule has 6 heteroatoms. The molecule has 0 radical (unpaired) electrons. The molecule has 2 amide bonds. The highest BCUT2D eigenvalue weighted by Crippen LogP contribution is 2.27. The van der Waals surface area contributed by atoms with E-state index in [-0.39, 0.29) is 0 Å². The van der Waals surface area contributed by atoms with Crippen LogP contribution in [0.4, 0.5) is 4.79 Å². The first-order chi connectivity index (χ1) is 12.1. The van der Waals surface area contributed by atoms with Gasteiger partial charge in [-0.25, -0.2) is 4.79 Å². The first-order valence-electron chi connectivity index (χ1n) is 7.74. The molecule has 3 N–H and O–H groups in total. The Hall–Kier alpha value is -3.41. The first kappa shape index (κ1) is 16.4. The van der Waals surface area contributed by atoms with E-state index in [0.717, 1.165) is 27.5 Å². The van der Waals surface area contributed by atoms with Crippen molar-refractivity contribution in [2.75, 3.05) is 6.61 Å². The van der Waals surface area contributed by atoms with Crippen LogP contribution in [0.25, 0.3) is 21.9 Å². The molecule has 0 unspecified atom stereocenters. The summed E-state index contributed by atoms with van der Waals surface area (Å²) >= 11 is 0. The van der Waals surface area contributed by atoms with Crippen LogP contribution in [-0.4, -0.2) is 23.6 Å². The molecule has 0 saturated carbocycles. The number of carbonyl (C=O) groups excluding carboxylic acids is 2. The minimum Gasteiger partial charge on any atom is -0.439 e. The number of amides is 2. The van der Waals surface area contributed by atoms with Crippen molar-refractivity contribution in [1.29, 1.82) is 0 Å². The quantitative estimate of drug-likeness (QED) is 0.749. The standard InChI is InChI=1S/C19H17N3O3/c20-18(23)12-25-19(24)22-9-13-5-7-14(8-6-13)17-11-21-10-15-3-1-2-4-16(15)17/h1-8,10-11H,9,12H2,(H2,20,23)(H,22,24). The van der Waals surface area contributed by atoms with Crippen molar-refractivity contribution in [2.24, 2.45) is 5.73 Å². The number of hydrogen-bond donors (Lipinski definition) is 2. The average molecular weight is 335 g/mol. The average Bonchev–Trinajstić information content (AvgIpc) is 2.64. The molecule has 0 aliphatic heterocycles. The van der Waals surface area contributed by atoms with Crippen molar-refractivity contribution in [3.05, 3.63) is 66.5 Å². The van der Waals surface area contributed by atoms with Crippen LogP contribution >= 0.6 is 0 Å². The lowest BCUT2D eigenvalue weighted by molar-refractivity contribution is -0.120. The molecule has 1 aromatic heterocycles. The van der Waals surface area contributed by atoms with E-state index in [2.05, 4.69) is 21.1 Å². The topological polar surface area (TPSA) is 94.3 Å². The van der Waals surface area contributed by atoms with E-state index < -0.39 is 18.6 Å². The van der Waals surface area contributed by atoms with Crippen LogP contribution in [0.1, 0.15) is 5.56 Å². The third-order valence-corrected chi connectivity index (χ3v) is 3.72. The van der Waals surface area contributed by atoms with Gasteiger partial charge in [-0.3, -0.25) is 9.78 Å². The van der Waals surface area contributed by atoms with Gasteiger partial charge < -0.3 is 15.8 Å². The Morgan fingerprint density at radius 1 is 1.04 bits per heavy atom. The van der Waals surface area contributed by atoms with Gasteiger partial charge in [-0.05, 0) is 16.5 Å². The molecular formula is C19H17N3O3. The maximum Gasteiger partial charge on any atom is 0.407 e. The summed E-state index contributed by atoms with van der Waals surface area (Å²) < 4.78 is 4.63. The van der Waals surface area contributed by atoms with Crippen LogP contribution in [0, 0.1) is 0 Å². The second kappa shape index (κ2) is 7.44. The van der Waals surface area contributed by atoms with E-state index >= 15 is 0 Å². The van der Waals surface area contributed by atoms with Crippen LogP contribution in [0.15, 0.2) is 60.9 Å². The highest BCUT2D eigenvalue weighted by atomic mass is 16.6. The van der Waals surface area contributed by atoms with Gasteiger partial charge in [0.05, 0.1) is 0 Å². The Morgan fingerprint density at radius 3 is 2.56 bits per heavy atom. The first-order valence-corrected chi connectivity index (χ1v) is 7.74. The molecule has 2 aromatic carbocycles. The summed E-state index contributed by atoms with van der Waals surface area (Å²) in [6, 6.07) is 15.9. The fraction of sp³-hybridized carbons (Fsp3) is 0.105. The Balaban J connectivity index is 1.70. The van der Waals surface area contributed by atoms with Crippen molar-refractivity contribution >= 4 is 22.8 Å². The Morgan fingerprint density at radius 2 is 1.80 bits per heavy atom. The van der Waals surface area contributed by atoms with E-state index in [0.29, 0.717) is 6.54 Å². The summed E-state index contributed by atoms with van der Waals surface area (Å²) in [5.74, 6) is -0.691. The van der Waals surface area contributed by atoms with Crippen LogP contribution < -0.4 is 11.1 Å². The number of aromatic nitrogens is 1. The molecule has 3 aromatic rings. The number of nitrogens with zero attached hydrogens (tertiary/aromatic N) is 1. The van der Waals surface area contributed by atoms with Crippen LogP contribution in [-0.2, 0) is 16.1 Å². The van der Waals surface area contributed by atoms with Crippen molar-refractivity contribution in [3.8, 4) is 11.1 Å². The molecule has 0 spiro atoms. The predicted molar refractivity (Wildman–Crippen MR) is 94.6 cm³/mol. The molecule has 126 valence electrons. The predicted octanol–water partition coefficient (Wildman–Crippen LogP) is 2.61. The SMILES string of the molecule is NC(=O)COC(=O)NCc1ccc(-c2cncc3ccccc23)cc1. The number of fused-ring (bicyclic) bond motifs is 1. The summed E-state index contributed by atoms with van der Waals surface area (Å²) in [7, 11) is 0. The molecule has 0 saturated heterocycles. The maximum atomic E-state index is 11.4. The molecule has 6 nitrogen and oxygen atoms in total. The third-order valence-electron chi connectivity index (χ3n) is 3.72. The van der Waals surface area contributed by atoms with E-state index in [9.17, 15) is 9.59 Å². The molecule has 0 fully saturated rings. The van der Waals surface area contributed by atoms with Crippen molar-refractivity contribution in [1.82, 2.24) is 10.3 Å². The van der Waals surface area contributed by atoms with Gasteiger partial charge in [0.2, 0.25) is 0 Å². The van der Waals surface area contributed by atoms with Gasteiger partial charge in [-0.1, -0.05) is 48.5 Å². The van der Waals surface area contributed by atoms with Crippen molar-refractivity contribution in [2.45, 2.75) is 6.54 Å². The highest BCUT2D eigenvalue weighted by Gasteiger charge is 2.06. The molecule has 0 aliphatic carbocycles. The van der Waals surface area contributed by atoms with Crippen molar-refractivity contribution in [3.63, 3.8) is 0 Å². The summed E-state index contributed by atoms with van der Waals surface area (Å²) in [5, 5.41) is 4.79. The lowest BCUT2D eigenvalue weighted by Crippen LogP contribution is -2.28. The second-order valence-corrected chi connectivity index (χ2v) is 5.50. The maximum absolute atomic E-state index is 11.4. The minimum atomic E-state index is -0.691. The van der Waals surface area contributed by atoms with Gasteiger partial charge in [-0.15, -0.1) is 0 Å². The number of carbonyl (C=O) groups is 2. The third kappa shape index (κ3) is 4.11. The van der Waals surface area contributed by atoms with Gasteiger partial charge in [-0.2, -0.15) is 0 Å². The van der Waals surface area contributed by atoms with E-state index in [4.69, 9.17) is 5.73 Å². The summed E-state index contributed by atoms with van der Waals surface area (Å²) in [5.41, 5.74) is 7.92. The van der Waals surface area contributed by atoms with E-state index in [1.165, 1.54) is 0 Å². The number of nitrogens with one attached hydrogen (secondary N) is 1. The lowest BCUT2D eigenvalue weighted by Gasteiger charge is -2.08. The molecule has 0 bridgehead atoms. The van der Waals surface area contributed by atoms with E-state index in [1.807, 2.05) is 54.9 Å². The number of nitrogens with two attached hydrogens (primary N) is 1. The largest absolute Gasteiger partial charge is 0.439 e. The normalized spacial score (nSPS) is 10.4. The number of ether oxygens (including phenoxy) is 1. The lowest BCUT2D eigenvalue weighted by atomic mass is 10.00. The zero-order chi connectivity index (χ0) is 17.6. The van der Waals surface area contributed by atoms with Crippen LogP contribution in [0.5, 0.6) is 0 Å². The summed E-state index contributed by atoms with van der Waals surface area (Å²) in [4.78, 5) is 26.3. The highest BCUT2D eigenvalue weighted by molar-refractivity contribution is 5.95. The van der Waals surface area contributed by atoms with E-state index in [1.54, 1.807) is 0 Å². The summed E-state index contributed by atoms with van der Waals surface area (Å²) in [6.07, 6.45) is 3.01. The number of rotatable bonds is 5. The Labute approximate surface area is 144 Å². The molecular weight excluding hydrogens is 318 g/mol. The van der Waals surface area contributed by atoms with Crippen LogP contribution in [0.2, 0.25) is 0 Å². The van der Waals surface area contributed by atoms with Gasteiger partial charge in [0.25, 0.3) is 5.91 Å². The fourth-order valence-corrected chi connectivity index (χ4v) is 2.51. The van der Waals surface area contributed by atoms with Gasteiger partial charge in [0.1, 0.15) is 0 Å². The number of alkyl carbamates (subject to hydrolysis) is 1. The fourth-order valence-electron chi connectivity index (χ4n) is 2.51. The molecule has 3 rings (SSSR count). The smallest absolute Gasteiger partial charge is 0.407 e.